The van der Waals surface area contributed by atoms with Gasteiger partial charge in [0.15, 0.2) is 0 Å². The number of carbonyl (C=O) groups is 1. The van der Waals surface area contributed by atoms with E-state index in [0.29, 0.717) is 31.5 Å². The molecule has 1 aromatic rings. The van der Waals surface area contributed by atoms with Gasteiger partial charge in [0.1, 0.15) is 5.15 Å². The highest BCUT2D eigenvalue weighted by atomic mass is 35.5. The molecule has 0 unspecified atom stereocenters. The number of hydrogen-bond acceptors (Lipinski definition) is 4. The highest BCUT2D eigenvalue weighted by Gasteiger charge is 2.37. The summed E-state index contributed by atoms with van der Waals surface area (Å²) < 4.78 is 7.06. The van der Waals surface area contributed by atoms with Gasteiger partial charge in [-0.25, -0.2) is 0 Å². The third kappa shape index (κ3) is 3.12. The van der Waals surface area contributed by atoms with Crippen molar-refractivity contribution in [3.8, 4) is 0 Å². The molecule has 2 aliphatic heterocycles. The molecular formula is C16H25ClN4O2. The maximum atomic E-state index is 12.8. The quantitative estimate of drug-likeness (QED) is 0.841. The molecule has 0 aromatic carbocycles. The van der Waals surface area contributed by atoms with E-state index in [1.807, 2.05) is 25.8 Å². The Labute approximate surface area is 142 Å². The Morgan fingerprint density at radius 3 is 2.65 bits per heavy atom. The molecule has 2 aliphatic rings. The zero-order valence-electron chi connectivity index (χ0n) is 14.1. The first kappa shape index (κ1) is 16.7. The van der Waals surface area contributed by atoms with Crippen molar-refractivity contribution in [2.45, 2.75) is 38.8 Å². The Morgan fingerprint density at radius 1 is 1.35 bits per heavy atom. The second-order valence-electron chi connectivity index (χ2n) is 6.42. The summed E-state index contributed by atoms with van der Waals surface area (Å²) in [5, 5.41) is 5.12. The van der Waals surface area contributed by atoms with Crippen LogP contribution in [0.3, 0.4) is 0 Å². The molecule has 23 heavy (non-hydrogen) atoms. The van der Waals surface area contributed by atoms with Crippen LogP contribution < -0.4 is 0 Å². The number of likely N-dealkylation sites (tertiary alicyclic amines) is 1. The molecule has 3 rings (SSSR count). The fourth-order valence-electron chi connectivity index (χ4n) is 3.78. The molecule has 2 saturated heterocycles. The topological polar surface area (TPSA) is 50.6 Å². The maximum Gasteiger partial charge on any atom is 0.239 e. The summed E-state index contributed by atoms with van der Waals surface area (Å²) in [6, 6.07) is 0.0347. The Hall–Kier alpha value is -1.11. The van der Waals surface area contributed by atoms with Crippen LogP contribution in [0.15, 0.2) is 0 Å². The summed E-state index contributed by atoms with van der Waals surface area (Å²) in [7, 11) is 1.86. The van der Waals surface area contributed by atoms with Crippen LogP contribution >= 0.6 is 11.6 Å². The average Bonchev–Trinajstić information content (AvgIpc) is 3.12. The number of nitrogens with zero attached hydrogens (tertiary/aromatic N) is 4. The lowest BCUT2D eigenvalue weighted by atomic mass is 10.0. The van der Waals surface area contributed by atoms with E-state index in [2.05, 4.69) is 10.00 Å². The van der Waals surface area contributed by atoms with Crippen molar-refractivity contribution in [2.75, 3.05) is 32.8 Å². The van der Waals surface area contributed by atoms with Gasteiger partial charge in [0.25, 0.3) is 0 Å². The predicted octanol–water partition coefficient (Wildman–Crippen LogP) is 1.77. The lowest BCUT2D eigenvalue weighted by molar-refractivity contribution is -0.140. The molecule has 2 atom stereocenters. The molecule has 2 fully saturated rings. The van der Waals surface area contributed by atoms with Gasteiger partial charge in [-0.2, -0.15) is 5.10 Å². The molecule has 0 spiro atoms. The van der Waals surface area contributed by atoms with Crippen LogP contribution in [-0.4, -0.2) is 64.4 Å². The number of carbonyl (C=O) groups excluding carboxylic acids is 1. The Balaban J connectivity index is 1.79. The highest BCUT2D eigenvalue weighted by molar-refractivity contribution is 6.30. The standard InChI is InChI=1S/C16H25ClN4O2/c1-11-14(15(17)19(3)18-11)13-5-4-6-21(13)12(2)16(22)20-7-9-23-10-8-20/h12-13H,4-10H2,1-3H3/t12-,13+/m1/s1. The van der Waals surface area contributed by atoms with Gasteiger partial charge in [-0.3, -0.25) is 14.4 Å². The molecule has 7 heteroatoms. The third-order valence-corrected chi connectivity index (χ3v) is 5.45. The van der Waals surface area contributed by atoms with Gasteiger partial charge < -0.3 is 9.64 Å². The lowest BCUT2D eigenvalue weighted by Gasteiger charge is -2.35. The number of hydrogen-bond donors (Lipinski definition) is 0. The SMILES string of the molecule is Cc1nn(C)c(Cl)c1[C@@H]1CCCN1[C@H](C)C(=O)N1CCOCC1. The fourth-order valence-corrected chi connectivity index (χ4v) is 4.08. The van der Waals surface area contributed by atoms with Gasteiger partial charge in [0.2, 0.25) is 5.91 Å². The van der Waals surface area contributed by atoms with Crippen molar-refractivity contribution in [1.82, 2.24) is 19.6 Å². The van der Waals surface area contributed by atoms with Crippen molar-refractivity contribution < 1.29 is 9.53 Å². The smallest absolute Gasteiger partial charge is 0.239 e. The van der Waals surface area contributed by atoms with Crippen molar-refractivity contribution in [3.63, 3.8) is 0 Å². The van der Waals surface area contributed by atoms with Crippen LogP contribution in [0.1, 0.15) is 37.1 Å². The first-order chi connectivity index (χ1) is 11.0. The van der Waals surface area contributed by atoms with Gasteiger partial charge in [-0.15, -0.1) is 0 Å². The Morgan fingerprint density at radius 2 is 2.04 bits per heavy atom. The molecule has 0 bridgehead atoms. The fraction of sp³-hybridized carbons (Fsp3) is 0.750. The minimum Gasteiger partial charge on any atom is -0.378 e. The zero-order valence-corrected chi connectivity index (χ0v) is 14.8. The van der Waals surface area contributed by atoms with Crippen LogP contribution in [0.4, 0.5) is 0 Å². The minimum atomic E-state index is -0.142. The molecule has 0 N–H and O–H groups in total. The molecule has 0 radical (unpaired) electrons. The van der Waals surface area contributed by atoms with Gasteiger partial charge >= 0.3 is 0 Å². The third-order valence-electron chi connectivity index (χ3n) is 5.00. The van der Waals surface area contributed by atoms with E-state index < -0.39 is 0 Å². The lowest BCUT2D eigenvalue weighted by Crippen LogP contribution is -2.50. The van der Waals surface area contributed by atoms with Crippen LogP contribution in [0, 0.1) is 6.92 Å². The first-order valence-corrected chi connectivity index (χ1v) is 8.69. The molecule has 6 nitrogen and oxygen atoms in total. The highest BCUT2D eigenvalue weighted by Crippen LogP contribution is 2.38. The molecule has 128 valence electrons. The number of amides is 1. The second-order valence-corrected chi connectivity index (χ2v) is 6.78. The number of halogens is 1. The van der Waals surface area contributed by atoms with E-state index >= 15 is 0 Å². The molecule has 1 amide bonds. The number of rotatable bonds is 3. The normalized spacial score (nSPS) is 24.2. The molecule has 0 aliphatic carbocycles. The summed E-state index contributed by atoms with van der Waals surface area (Å²) in [6.07, 6.45) is 2.10. The van der Waals surface area contributed by atoms with Crippen LogP contribution in [0.5, 0.6) is 0 Å². The van der Waals surface area contributed by atoms with Crippen molar-refractivity contribution in [2.24, 2.45) is 7.05 Å². The Bertz CT molecular complexity index is 583. The molecule has 3 heterocycles. The van der Waals surface area contributed by atoms with E-state index in [4.69, 9.17) is 16.3 Å². The monoisotopic (exact) mass is 340 g/mol. The van der Waals surface area contributed by atoms with E-state index in [1.165, 1.54) is 0 Å². The van der Waals surface area contributed by atoms with Crippen molar-refractivity contribution >= 4 is 17.5 Å². The maximum absolute atomic E-state index is 12.8. The number of aryl methyl sites for hydroxylation is 2. The number of morpholine rings is 1. The van der Waals surface area contributed by atoms with E-state index in [9.17, 15) is 4.79 Å². The van der Waals surface area contributed by atoms with Crippen molar-refractivity contribution in [1.29, 1.82) is 0 Å². The summed E-state index contributed by atoms with van der Waals surface area (Å²) >= 11 is 6.45. The van der Waals surface area contributed by atoms with E-state index in [-0.39, 0.29) is 18.0 Å². The van der Waals surface area contributed by atoms with Crippen molar-refractivity contribution in [3.05, 3.63) is 16.4 Å². The van der Waals surface area contributed by atoms with Crippen LogP contribution in [0.2, 0.25) is 5.15 Å². The van der Waals surface area contributed by atoms with Crippen LogP contribution in [0.25, 0.3) is 0 Å². The Kier molecular flexibility index (Phi) is 4.94. The largest absolute Gasteiger partial charge is 0.378 e. The summed E-state index contributed by atoms with van der Waals surface area (Å²) in [6.45, 7) is 7.57. The van der Waals surface area contributed by atoms with E-state index in [0.717, 1.165) is 30.6 Å². The molecule has 1 aromatic heterocycles. The van der Waals surface area contributed by atoms with E-state index in [1.54, 1.807) is 4.68 Å². The van der Waals surface area contributed by atoms with Crippen LogP contribution in [-0.2, 0) is 16.6 Å². The number of ether oxygens (including phenoxy) is 1. The average molecular weight is 341 g/mol. The summed E-state index contributed by atoms with van der Waals surface area (Å²) in [4.78, 5) is 17.0. The summed E-state index contributed by atoms with van der Waals surface area (Å²) in [5.74, 6) is 0.192. The zero-order chi connectivity index (χ0) is 16.6. The first-order valence-electron chi connectivity index (χ1n) is 8.32. The molecule has 0 saturated carbocycles. The number of aromatic nitrogens is 2. The molecular weight excluding hydrogens is 316 g/mol. The second kappa shape index (κ2) is 6.79. The minimum absolute atomic E-state index is 0.142. The van der Waals surface area contributed by atoms with Gasteiger partial charge in [0.05, 0.1) is 24.9 Å². The van der Waals surface area contributed by atoms with Gasteiger partial charge in [0, 0.05) is 31.7 Å². The predicted molar refractivity (Wildman–Crippen MR) is 88.5 cm³/mol. The summed E-state index contributed by atoms with van der Waals surface area (Å²) in [5.41, 5.74) is 2.04. The van der Waals surface area contributed by atoms with Gasteiger partial charge in [-0.1, -0.05) is 11.6 Å². The van der Waals surface area contributed by atoms with Gasteiger partial charge in [-0.05, 0) is 33.2 Å².